The van der Waals surface area contributed by atoms with Crippen LogP contribution in [0.3, 0.4) is 0 Å². The Bertz CT molecular complexity index is 43.5. The van der Waals surface area contributed by atoms with Crippen LogP contribution < -0.4 is 0 Å². The van der Waals surface area contributed by atoms with E-state index in [9.17, 15) is 0 Å². The van der Waals surface area contributed by atoms with E-state index in [4.69, 9.17) is 10.4 Å². The molecule has 0 aliphatic rings. The molecule has 0 amide bonds. The van der Waals surface area contributed by atoms with E-state index in [1.54, 1.807) is 5.97 Å². The fraction of sp³-hybridized carbons (Fsp3) is 0.500. The average Bonchev–Trinajstić information content (AvgIpc) is 1.46. The van der Waals surface area contributed by atoms with Crippen LogP contribution in [0.2, 0.25) is 0 Å². The number of nitrogens with zero attached hydrogens (tertiary/aromatic N) is 1. The van der Waals surface area contributed by atoms with Gasteiger partial charge in [-0.3, -0.25) is 0 Å². The van der Waals surface area contributed by atoms with E-state index < -0.39 is 0 Å². The second-order valence-corrected chi connectivity index (χ2v) is 0.224. The van der Waals surface area contributed by atoms with Crippen LogP contribution in [0, 0.1) is 11.2 Å². The standard InChI is InChI=1S/CH2BN.CH4O.ClH.Na.Zn.H/c2-1-3;1-2;;;;/h2H2;2H,1H3;1H;;;. The van der Waals surface area contributed by atoms with Crippen LogP contribution in [0.5, 0.6) is 0 Å². The second kappa shape index (κ2) is 78.9. The molecule has 0 aliphatic heterocycles. The van der Waals surface area contributed by atoms with Crippen molar-refractivity contribution in [3.63, 3.8) is 0 Å². The van der Waals surface area contributed by atoms with Crippen molar-refractivity contribution in [1.82, 2.24) is 0 Å². The van der Waals surface area contributed by atoms with Gasteiger partial charge < -0.3 is 5.11 Å². The number of hydrogen-bond acceptors (Lipinski definition) is 2. The minimum atomic E-state index is 0. The summed E-state index contributed by atoms with van der Waals surface area (Å²) < 4.78 is 0. The Kier molecular flexibility index (Phi) is 337. The maximum absolute atomic E-state index is 7.32. The van der Waals surface area contributed by atoms with Gasteiger partial charge in [0.05, 0.1) is 0 Å². The largest absolute Gasteiger partial charge is 0 e. The predicted molar refractivity (Wildman–Crippen MR) is 36.7 cm³/mol. The monoisotopic (exact) mass is 195 g/mol. The van der Waals surface area contributed by atoms with Gasteiger partial charge in [-0.05, 0) is 5.97 Å². The van der Waals surface area contributed by atoms with Crippen LogP contribution in [0.15, 0.2) is 0 Å². The fourth-order valence-electron chi connectivity index (χ4n) is 0. The number of hydrogen-bond donors (Lipinski definition) is 1. The van der Waals surface area contributed by atoms with Crippen LogP contribution >= 0.6 is 12.4 Å². The zero-order chi connectivity index (χ0) is 4.71. The normalized spacial score (nSPS) is 1.62. The van der Waals surface area contributed by atoms with Crippen molar-refractivity contribution in [2.75, 3.05) is 7.11 Å². The molecular formula is C2H8BClNNaOZn. The van der Waals surface area contributed by atoms with Gasteiger partial charge in [0.1, 0.15) is 0 Å². The van der Waals surface area contributed by atoms with Gasteiger partial charge in [-0.15, -0.1) is 12.4 Å². The summed E-state index contributed by atoms with van der Waals surface area (Å²) in [6.45, 7) is 0. The van der Waals surface area contributed by atoms with Crippen LogP contribution in [-0.4, -0.2) is 49.6 Å². The van der Waals surface area contributed by atoms with Gasteiger partial charge in [-0.25, -0.2) is 5.26 Å². The molecule has 0 atom stereocenters. The number of nitriles is 1. The molecular weight excluding hydrogens is 189 g/mol. The maximum Gasteiger partial charge on any atom is 0 e. The minimum Gasteiger partial charge on any atom is 0 e. The molecule has 0 bridgehead atoms. The summed E-state index contributed by atoms with van der Waals surface area (Å²) in [6.07, 6.45) is 0. The van der Waals surface area contributed by atoms with Crippen molar-refractivity contribution >= 4 is 49.8 Å². The number of halogens is 1. The van der Waals surface area contributed by atoms with Gasteiger partial charge in [0, 0.05) is 26.6 Å². The zero-order valence-corrected chi connectivity index (χ0v) is 8.29. The van der Waals surface area contributed by atoms with E-state index >= 15 is 0 Å². The Morgan fingerprint density at radius 3 is 1.50 bits per heavy atom. The summed E-state index contributed by atoms with van der Waals surface area (Å²) in [6, 6.07) is 0. The van der Waals surface area contributed by atoms with Crippen molar-refractivity contribution in [3.8, 4) is 5.97 Å². The van der Waals surface area contributed by atoms with Crippen molar-refractivity contribution in [3.05, 3.63) is 0 Å². The second-order valence-electron chi connectivity index (χ2n) is 0.224. The first-order valence-corrected chi connectivity index (χ1v) is 1.17. The number of aliphatic hydroxyl groups excluding tert-OH is 1. The molecule has 0 spiro atoms. The predicted octanol–water partition coefficient (Wildman–Crippen LogP) is -1.52. The van der Waals surface area contributed by atoms with Crippen LogP contribution in [0.4, 0.5) is 0 Å². The fourth-order valence-corrected chi connectivity index (χ4v) is 0. The Morgan fingerprint density at radius 1 is 1.50 bits per heavy atom. The van der Waals surface area contributed by atoms with E-state index in [0.717, 1.165) is 7.11 Å². The number of rotatable bonds is 0. The van der Waals surface area contributed by atoms with E-state index in [1.807, 2.05) is 0 Å². The molecule has 0 fully saturated rings. The molecule has 1 N–H and O–H groups in total. The zero-order valence-electron chi connectivity index (χ0n) is 4.51. The summed E-state index contributed by atoms with van der Waals surface area (Å²) in [4.78, 5) is 0. The van der Waals surface area contributed by atoms with Crippen molar-refractivity contribution < 1.29 is 24.6 Å². The van der Waals surface area contributed by atoms with Gasteiger partial charge in [0.25, 0.3) is 0 Å². The first-order chi connectivity index (χ1) is 2.41. The van der Waals surface area contributed by atoms with Gasteiger partial charge in [-0.1, -0.05) is 0 Å². The van der Waals surface area contributed by atoms with E-state index in [0.29, 0.717) is 0 Å². The molecule has 0 aromatic carbocycles. The average molecular weight is 197 g/mol. The summed E-state index contributed by atoms with van der Waals surface area (Å²) >= 11 is 0. The summed E-state index contributed by atoms with van der Waals surface area (Å²) in [5.74, 6) is 1.75. The molecule has 0 rings (SSSR count). The first-order valence-electron chi connectivity index (χ1n) is 1.17. The van der Waals surface area contributed by atoms with Gasteiger partial charge in [0.15, 0.2) is 0 Å². The third-order valence-corrected chi connectivity index (χ3v) is 0. The molecule has 0 saturated carbocycles. The smallest absolute Gasteiger partial charge is 0 e. The Hall–Kier alpha value is 1.43. The van der Waals surface area contributed by atoms with Crippen LogP contribution in [0.1, 0.15) is 0 Å². The third-order valence-electron chi connectivity index (χ3n) is 0. The Labute approximate surface area is 91.9 Å². The molecule has 0 heterocycles. The van der Waals surface area contributed by atoms with E-state index in [-0.39, 0.29) is 61.4 Å². The topological polar surface area (TPSA) is 44.0 Å². The van der Waals surface area contributed by atoms with Crippen LogP contribution in [0.25, 0.3) is 0 Å². The molecule has 0 aliphatic carbocycles. The SMILES string of the molecule is BC#N.CO.Cl.[NaH].[Zn]. The summed E-state index contributed by atoms with van der Waals surface area (Å²) in [7, 11) is 2.43. The Morgan fingerprint density at radius 2 is 1.50 bits per heavy atom. The van der Waals surface area contributed by atoms with Gasteiger partial charge >= 0.3 is 29.6 Å². The first kappa shape index (κ1) is 34.2. The van der Waals surface area contributed by atoms with Gasteiger partial charge in [-0.2, -0.15) is 0 Å². The summed E-state index contributed by atoms with van der Waals surface area (Å²) in [5.41, 5.74) is 0. The Balaban J connectivity index is -0.00000000567. The van der Waals surface area contributed by atoms with Crippen molar-refractivity contribution in [2.45, 2.75) is 0 Å². The molecule has 2 nitrogen and oxygen atoms in total. The third kappa shape index (κ3) is 150. The summed E-state index contributed by atoms with van der Waals surface area (Å²) in [5, 5.41) is 14.3. The quantitative estimate of drug-likeness (QED) is 0.479. The molecule has 0 unspecified atom stereocenters. The van der Waals surface area contributed by atoms with Crippen molar-refractivity contribution in [1.29, 1.82) is 5.26 Å². The molecule has 0 aromatic rings. The molecule has 40 valence electrons. The molecule has 0 radical (unpaired) electrons. The molecule has 6 heteroatoms. The van der Waals surface area contributed by atoms with Gasteiger partial charge in [0.2, 0.25) is 7.85 Å². The molecule has 0 aromatic heterocycles. The van der Waals surface area contributed by atoms with E-state index in [1.165, 1.54) is 7.85 Å². The van der Waals surface area contributed by atoms with Crippen LogP contribution in [-0.2, 0) is 19.5 Å². The maximum atomic E-state index is 7.32. The minimum absolute atomic E-state index is 0. The number of aliphatic hydroxyl groups is 1. The van der Waals surface area contributed by atoms with Crippen molar-refractivity contribution in [2.24, 2.45) is 0 Å². The van der Waals surface area contributed by atoms with E-state index in [2.05, 4.69) is 0 Å². The molecule has 0 saturated heterocycles. The molecule has 8 heavy (non-hydrogen) atoms.